The minimum atomic E-state index is -0.340. The van der Waals surface area contributed by atoms with Crippen LogP contribution >= 0.6 is 0 Å². The van der Waals surface area contributed by atoms with Crippen LogP contribution in [0.15, 0.2) is 48.8 Å². The fourth-order valence-corrected chi connectivity index (χ4v) is 5.24. The van der Waals surface area contributed by atoms with Gasteiger partial charge in [-0.15, -0.1) is 0 Å². The molecule has 0 N–H and O–H groups in total. The summed E-state index contributed by atoms with van der Waals surface area (Å²) in [4.78, 5) is 34.4. The molecule has 5 rings (SSSR count). The molecule has 2 amide bonds. The summed E-state index contributed by atoms with van der Waals surface area (Å²) in [5.41, 5.74) is 2.53. The first-order chi connectivity index (χ1) is 13.7. The lowest BCUT2D eigenvalue weighted by Crippen LogP contribution is -2.38. The van der Waals surface area contributed by atoms with Gasteiger partial charge >= 0.3 is 0 Å². The Hall–Kier alpha value is -3.04. The minimum absolute atomic E-state index is 0.0418. The third-order valence-electron chi connectivity index (χ3n) is 6.41. The van der Waals surface area contributed by atoms with Crippen molar-refractivity contribution in [3.63, 3.8) is 0 Å². The van der Waals surface area contributed by atoms with Crippen LogP contribution in [-0.4, -0.2) is 39.2 Å². The number of imide groups is 1. The van der Waals surface area contributed by atoms with Crippen LogP contribution in [0.25, 0.3) is 0 Å². The van der Waals surface area contributed by atoms with Gasteiger partial charge in [0.15, 0.2) is 0 Å². The van der Waals surface area contributed by atoms with Crippen LogP contribution in [0.2, 0.25) is 0 Å². The van der Waals surface area contributed by atoms with Crippen molar-refractivity contribution in [1.29, 1.82) is 5.26 Å². The normalized spacial score (nSPS) is 29.0. The van der Waals surface area contributed by atoms with Gasteiger partial charge in [0.2, 0.25) is 11.8 Å². The molecule has 4 heterocycles. The summed E-state index contributed by atoms with van der Waals surface area (Å²) in [7, 11) is 0. The molecule has 0 saturated carbocycles. The number of pyridine rings is 1. The van der Waals surface area contributed by atoms with Gasteiger partial charge in [-0.1, -0.05) is 12.1 Å². The molecule has 28 heavy (non-hydrogen) atoms. The lowest BCUT2D eigenvalue weighted by atomic mass is 9.85. The predicted octanol–water partition coefficient (Wildman–Crippen LogP) is 2.27. The average molecular weight is 372 g/mol. The van der Waals surface area contributed by atoms with Crippen molar-refractivity contribution in [2.24, 2.45) is 11.8 Å². The summed E-state index contributed by atoms with van der Waals surface area (Å²) in [5, 5.41) is 9.08. The maximum absolute atomic E-state index is 13.4. The molecule has 3 aliphatic rings. The van der Waals surface area contributed by atoms with Crippen molar-refractivity contribution in [1.82, 2.24) is 14.8 Å². The molecular formula is C22H20N4O2. The largest absolute Gasteiger partial charge is 0.292 e. The topological polar surface area (TPSA) is 77.3 Å². The summed E-state index contributed by atoms with van der Waals surface area (Å²) >= 11 is 0. The molecule has 0 radical (unpaired) electrons. The van der Waals surface area contributed by atoms with Crippen molar-refractivity contribution in [3.05, 3.63) is 65.5 Å². The molecule has 6 heteroatoms. The van der Waals surface area contributed by atoms with Crippen LogP contribution in [-0.2, 0) is 16.1 Å². The van der Waals surface area contributed by atoms with Gasteiger partial charge in [-0.25, -0.2) is 0 Å². The molecule has 3 saturated heterocycles. The molecule has 6 nitrogen and oxygen atoms in total. The minimum Gasteiger partial charge on any atom is -0.292 e. The standard InChI is InChI=1S/C22H20N4O2/c23-12-14-3-5-16(6-4-14)20-19-18(17-2-1-11-25(17)20)21(27)26(22(19)28)13-15-7-9-24-10-8-15/h3-10,17-20H,1-2,11,13H2/t17-,18-,19-,20-/m0/s1. The molecule has 140 valence electrons. The van der Waals surface area contributed by atoms with E-state index in [1.54, 1.807) is 24.5 Å². The van der Waals surface area contributed by atoms with E-state index in [9.17, 15) is 9.59 Å². The van der Waals surface area contributed by atoms with Gasteiger partial charge < -0.3 is 0 Å². The van der Waals surface area contributed by atoms with Gasteiger partial charge in [-0.05, 0) is 54.8 Å². The maximum atomic E-state index is 13.4. The lowest BCUT2D eigenvalue weighted by Gasteiger charge is -2.28. The van der Waals surface area contributed by atoms with Gasteiger partial charge in [-0.3, -0.25) is 24.4 Å². The summed E-state index contributed by atoms with van der Waals surface area (Å²) in [5.74, 6) is -0.722. The van der Waals surface area contributed by atoms with Crippen LogP contribution in [0.4, 0.5) is 0 Å². The predicted molar refractivity (Wildman–Crippen MR) is 100 cm³/mol. The van der Waals surface area contributed by atoms with Crippen LogP contribution < -0.4 is 0 Å². The number of carbonyl (C=O) groups excluding carboxylic acids is 2. The van der Waals surface area contributed by atoms with Crippen molar-refractivity contribution < 1.29 is 9.59 Å². The number of fused-ring (bicyclic) bond motifs is 3. The molecule has 0 bridgehead atoms. The second kappa shape index (κ2) is 6.54. The Morgan fingerprint density at radius 1 is 1.04 bits per heavy atom. The zero-order valence-corrected chi connectivity index (χ0v) is 15.4. The first-order valence-corrected chi connectivity index (χ1v) is 9.69. The summed E-state index contributed by atoms with van der Waals surface area (Å²) in [6, 6.07) is 13.3. The summed E-state index contributed by atoms with van der Waals surface area (Å²) in [6.45, 7) is 1.22. The van der Waals surface area contributed by atoms with Crippen LogP contribution in [0.3, 0.4) is 0 Å². The van der Waals surface area contributed by atoms with E-state index in [1.165, 1.54) is 4.90 Å². The van der Waals surface area contributed by atoms with Gasteiger partial charge in [0.05, 0.1) is 30.0 Å². The van der Waals surface area contributed by atoms with E-state index >= 15 is 0 Å². The SMILES string of the molecule is N#Cc1ccc([C@H]2[C@H]3C(=O)N(Cc4ccncc4)C(=O)[C@H]3[C@@H]3CCCN32)cc1. The Morgan fingerprint density at radius 2 is 1.75 bits per heavy atom. The highest BCUT2D eigenvalue weighted by atomic mass is 16.2. The maximum Gasteiger partial charge on any atom is 0.235 e. The van der Waals surface area contributed by atoms with Crippen LogP contribution in [0, 0.1) is 23.2 Å². The molecule has 2 aromatic rings. The number of carbonyl (C=O) groups is 2. The molecule has 1 aromatic carbocycles. The third kappa shape index (κ3) is 2.47. The molecule has 3 fully saturated rings. The number of hydrogen-bond donors (Lipinski definition) is 0. The Bertz CT molecular complexity index is 966. The number of aromatic nitrogens is 1. The fourth-order valence-electron chi connectivity index (χ4n) is 5.24. The van der Waals surface area contributed by atoms with Crippen molar-refractivity contribution in [2.75, 3.05) is 6.54 Å². The van der Waals surface area contributed by atoms with E-state index in [0.717, 1.165) is 30.5 Å². The van der Waals surface area contributed by atoms with Crippen LogP contribution in [0.1, 0.15) is 35.6 Å². The second-order valence-corrected chi connectivity index (χ2v) is 7.80. The third-order valence-corrected chi connectivity index (χ3v) is 6.41. The molecule has 4 atom stereocenters. The van der Waals surface area contributed by atoms with Crippen molar-refractivity contribution in [2.45, 2.75) is 31.5 Å². The highest BCUT2D eigenvalue weighted by Crippen LogP contribution is 2.53. The highest BCUT2D eigenvalue weighted by molar-refractivity contribution is 6.06. The van der Waals surface area contributed by atoms with Crippen molar-refractivity contribution >= 4 is 11.8 Å². The number of nitriles is 1. The van der Waals surface area contributed by atoms with E-state index in [2.05, 4.69) is 16.0 Å². The molecule has 0 unspecified atom stereocenters. The number of rotatable bonds is 3. The zero-order chi connectivity index (χ0) is 19.3. The number of nitrogens with zero attached hydrogens (tertiary/aromatic N) is 4. The van der Waals surface area contributed by atoms with E-state index < -0.39 is 0 Å². The Balaban J connectivity index is 1.50. The Kier molecular flexibility index (Phi) is 3.99. The highest BCUT2D eigenvalue weighted by Gasteiger charge is 2.62. The second-order valence-electron chi connectivity index (χ2n) is 7.80. The quantitative estimate of drug-likeness (QED) is 0.773. The first-order valence-electron chi connectivity index (χ1n) is 9.69. The number of amides is 2. The molecule has 0 spiro atoms. The molecule has 1 aromatic heterocycles. The monoisotopic (exact) mass is 372 g/mol. The number of likely N-dealkylation sites (tertiary alicyclic amines) is 1. The number of benzene rings is 1. The van der Waals surface area contributed by atoms with Gasteiger partial charge in [0, 0.05) is 24.5 Å². The molecule has 0 aliphatic carbocycles. The van der Waals surface area contributed by atoms with Crippen LogP contribution in [0.5, 0.6) is 0 Å². The lowest BCUT2D eigenvalue weighted by molar-refractivity contribution is -0.142. The Labute approximate surface area is 163 Å². The first kappa shape index (κ1) is 17.1. The van der Waals surface area contributed by atoms with Gasteiger partial charge in [0.1, 0.15) is 0 Å². The Morgan fingerprint density at radius 3 is 2.46 bits per heavy atom. The number of hydrogen-bond acceptors (Lipinski definition) is 5. The zero-order valence-electron chi connectivity index (χ0n) is 15.4. The summed E-state index contributed by atoms with van der Waals surface area (Å²) < 4.78 is 0. The molecule has 3 aliphatic heterocycles. The van der Waals surface area contributed by atoms with Crippen molar-refractivity contribution in [3.8, 4) is 6.07 Å². The van der Waals surface area contributed by atoms with E-state index in [4.69, 9.17) is 5.26 Å². The fraction of sp³-hybridized carbons (Fsp3) is 0.364. The van der Waals surface area contributed by atoms with Gasteiger partial charge in [-0.2, -0.15) is 5.26 Å². The smallest absolute Gasteiger partial charge is 0.235 e. The average Bonchev–Trinajstić information content (AvgIpc) is 3.37. The summed E-state index contributed by atoms with van der Waals surface area (Å²) in [6.07, 6.45) is 5.36. The van der Waals surface area contributed by atoms with E-state index in [0.29, 0.717) is 12.1 Å². The van der Waals surface area contributed by atoms with Gasteiger partial charge in [0.25, 0.3) is 0 Å². The molecular weight excluding hydrogens is 352 g/mol. The van der Waals surface area contributed by atoms with E-state index in [1.807, 2.05) is 24.3 Å². The van der Waals surface area contributed by atoms with E-state index in [-0.39, 0.29) is 35.7 Å².